The molecule has 2 saturated heterocycles. The van der Waals surface area contributed by atoms with Crippen LogP contribution in [-0.2, 0) is 5.41 Å². The van der Waals surface area contributed by atoms with Gasteiger partial charge in [-0.2, -0.15) is 0 Å². The lowest BCUT2D eigenvalue weighted by atomic mass is 9.72. The Kier molecular flexibility index (Phi) is 4.83. The summed E-state index contributed by atoms with van der Waals surface area (Å²) in [5, 5.41) is 15.0. The van der Waals surface area contributed by atoms with E-state index in [4.69, 9.17) is 4.74 Å². The second-order valence-electron chi connectivity index (χ2n) is 8.42. The normalized spacial score (nSPS) is 27.6. The van der Waals surface area contributed by atoms with Crippen molar-refractivity contribution in [2.75, 3.05) is 26.2 Å². The summed E-state index contributed by atoms with van der Waals surface area (Å²) in [5.74, 6) is 0.848. The molecule has 1 aromatic heterocycles. The molecule has 2 atom stereocenters. The standard InChI is InChI=1S/C23H29N3O2/c27-22-21(19-5-1-2-6-20(19)23(22)9-12-24-13-10-23)26-14-7-17(8-15-26)28-18-4-3-11-25-16-18/h1-6,11,16-17,21-22,24,27H,7-10,12-15H2/t21-,22+/m1/s1. The van der Waals surface area contributed by atoms with E-state index in [1.807, 2.05) is 12.1 Å². The molecule has 5 heteroatoms. The highest BCUT2D eigenvalue weighted by Crippen LogP contribution is 2.52. The third-order valence-corrected chi connectivity index (χ3v) is 6.98. The van der Waals surface area contributed by atoms with Gasteiger partial charge >= 0.3 is 0 Å². The molecule has 1 aliphatic carbocycles. The molecule has 0 saturated carbocycles. The number of hydrogen-bond acceptors (Lipinski definition) is 5. The maximum atomic E-state index is 11.5. The van der Waals surface area contributed by atoms with Gasteiger partial charge in [0.15, 0.2) is 0 Å². The van der Waals surface area contributed by atoms with Crippen molar-refractivity contribution in [1.29, 1.82) is 0 Å². The van der Waals surface area contributed by atoms with Gasteiger partial charge in [-0.05, 0) is 62.0 Å². The van der Waals surface area contributed by atoms with Crippen molar-refractivity contribution >= 4 is 0 Å². The van der Waals surface area contributed by atoms with Crippen molar-refractivity contribution in [1.82, 2.24) is 15.2 Å². The zero-order chi connectivity index (χ0) is 19.0. The van der Waals surface area contributed by atoms with Crippen molar-refractivity contribution in [3.8, 4) is 5.75 Å². The number of rotatable bonds is 3. The van der Waals surface area contributed by atoms with Gasteiger partial charge in [-0.25, -0.2) is 0 Å². The van der Waals surface area contributed by atoms with Gasteiger partial charge in [0.25, 0.3) is 0 Å². The number of nitrogens with zero attached hydrogens (tertiary/aromatic N) is 2. The molecule has 3 heterocycles. The minimum Gasteiger partial charge on any atom is -0.489 e. The molecule has 5 nitrogen and oxygen atoms in total. The summed E-state index contributed by atoms with van der Waals surface area (Å²) >= 11 is 0. The third kappa shape index (κ3) is 3.02. The Morgan fingerprint density at radius 3 is 2.61 bits per heavy atom. The molecule has 0 amide bonds. The van der Waals surface area contributed by atoms with Crippen LogP contribution < -0.4 is 10.1 Å². The monoisotopic (exact) mass is 379 g/mol. The van der Waals surface area contributed by atoms with Crippen molar-refractivity contribution in [3.05, 3.63) is 59.9 Å². The summed E-state index contributed by atoms with van der Waals surface area (Å²) < 4.78 is 6.11. The Bertz CT molecular complexity index is 799. The maximum absolute atomic E-state index is 11.5. The lowest BCUT2D eigenvalue weighted by Gasteiger charge is -2.42. The fourth-order valence-electron chi connectivity index (χ4n) is 5.56. The van der Waals surface area contributed by atoms with Gasteiger partial charge in [-0.1, -0.05) is 24.3 Å². The van der Waals surface area contributed by atoms with Gasteiger partial charge in [-0.3, -0.25) is 9.88 Å². The molecule has 1 spiro atoms. The van der Waals surface area contributed by atoms with Gasteiger partial charge in [0, 0.05) is 24.7 Å². The van der Waals surface area contributed by atoms with E-state index in [1.165, 1.54) is 11.1 Å². The van der Waals surface area contributed by atoms with E-state index in [1.54, 1.807) is 12.4 Å². The van der Waals surface area contributed by atoms with Gasteiger partial charge in [-0.15, -0.1) is 0 Å². The number of benzene rings is 1. The van der Waals surface area contributed by atoms with Crippen molar-refractivity contribution in [3.63, 3.8) is 0 Å². The van der Waals surface area contributed by atoms with E-state index < -0.39 is 0 Å². The number of hydrogen-bond donors (Lipinski definition) is 2. The van der Waals surface area contributed by atoms with Crippen LogP contribution in [-0.4, -0.2) is 53.4 Å². The van der Waals surface area contributed by atoms with Crippen LogP contribution in [0.2, 0.25) is 0 Å². The summed E-state index contributed by atoms with van der Waals surface area (Å²) in [7, 11) is 0. The maximum Gasteiger partial charge on any atom is 0.137 e. The highest BCUT2D eigenvalue weighted by molar-refractivity contribution is 5.45. The van der Waals surface area contributed by atoms with Crippen molar-refractivity contribution < 1.29 is 9.84 Å². The highest BCUT2D eigenvalue weighted by Gasteiger charge is 2.53. The van der Waals surface area contributed by atoms with Gasteiger partial charge < -0.3 is 15.2 Å². The van der Waals surface area contributed by atoms with Crippen molar-refractivity contribution in [2.24, 2.45) is 0 Å². The quantitative estimate of drug-likeness (QED) is 0.859. The Morgan fingerprint density at radius 1 is 1.07 bits per heavy atom. The van der Waals surface area contributed by atoms with Crippen LogP contribution in [0.1, 0.15) is 42.9 Å². The van der Waals surface area contributed by atoms with E-state index in [-0.39, 0.29) is 23.7 Å². The van der Waals surface area contributed by atoms with Gasteiger partial charge in [0.05, 0.1) is 18.3 Å². The second kappa shape index (κ2) is 7.47. The topological polar surface area (TPSA) is 57.6 Å². The molecule has 2 aliphatic heterocycles. The summed E-state index contributed by atoms with van der Waals surface area (Å²) in [4.78, 5) is 6.63. The fraction of sp³-hybridized carbons (Fsp3) is 0.522. The SMILES string of the molecule is O[C@H]1[C@H](N2CCC(Oc3cccnc3)CC2)c2ccccc2C12CCNCC2. The van der Waals surface area contributed by atoms with Crippen molar-refractivity contribution in [2.45, 2.75) is 49.3 Å². The molecule has 2 aromatic rings. The van der Waals surface area contributed by atoms with Crippen LogP contribution in [0.25, 0.3) is 0 Å². The fourth-order valence-corrected chi connectivity index (χ4v) is 5.56. The molecule has 2 fully saturated rings. The number of likely N-dealkylation sites (tertiary alicyclic amines) is 1. The van der Waals surface area contributed by atoms with Crippen LogP contribution in [0.3, 0.4) is 0 Å². The molecule has 0 unspecified atom stereocenters. The molecular weight excluding hydrogens is 350 g/mol. The number of ether oxygens (including phenoxy) is 1. The number of pyridine rings is 1. The number of aliphatic hydroxyl groups is 1. The molecule has 28 heavy (non-hydrogen) atoms. The average Bonchev–Trinajstić information content (AvgIpc) is 2.98. The predicted octanol–water partition coefficient (Wildman–Crippen LogP) is 2.66. The average molecular weight is 380 g/mol. The van der Waals surface area contributed by atoms with Gasteiger partial charge in [0.2, 0.25) is 0 Å². The summed E-state index contributed by atoms with van der Waals surface area (Å²) in [5.41, 5.74) is 2.63. The Morgan fingerprint density at radius 2 is 1.86 bits per heavy atom. The van der Waals surface area contributed by atoms with Crippen LogP contribution in [0, 0.1) is 0 Å². The van der Waals surface area contributed by atoms with E-state index in [0.717, 1.165) is 57.6 Å². The number of piperidine rings is 2. The minimum atomic E-state index is -0.331. The van der Waals surface area contributed by atoms with E-state index in [2.05, 4.69) is 39.5 Å². The molecule has 1 aromatic carbocycles. The Balaban J connectivity index is 1.33. The lowest BCUT2D eigenvalue weighted by molar-refractivity contribution is -0.0201. The summed E-state index contributed by atoms with van der Waals surface area (Å²) in [6.45, 7) is 3.88. The Hall–Kier alpha value is -1.95. The molecule has 3 aliphatic rings. The molecular formula is C23H29N3O2. The predicted molar refractivity (Wildman–Crippen MR) is 108 cm³/mol. The van der Waals surface area contributed by atoms with Crippen LogP contribution in [0.15, 0.2) is 48.8 Å². The van der Waals surface area contributed by atoms with Crippen LogP contribution in [0.4, 0.5) is 0 Å². The van der Waals surface area contributed by atoms with E-state index >= 15 is 0 Å². The number of aliphatic hydroxyl groups excluding tert-OH is 1. The lowest BCUT2D eigenvalue weighted by Crippen LogP contribution is -2.50. The zero-order valence-electron chi connectivity index (χ0n) is 16.3. The molecule has 2 N–H and O–H groups in total. The molecule has 5 rings (SSSR count). The molecule has 0 radical (unpaired) electrons. The number of aromatic nitrogens is 1. The second-order valence-corrected chi connectivity index (χ2v) is 8.42. The van der Waals surface area contributed by atoms with Crippen LogP contribution >= 0.6 is 0 Å². The molecule has 148 valence electrons. The summed E-state index contributed by atoms with van der Waals surface area (Å²) in [6.07, 6.45) is 7.44. The van der Waals surface area contributed by atoms with Crippen LogP contribution in [0.5, 0.6) is 5.75 Å². The number of fused-ring (bicyclic) bond motifs is 2. The first-order valence-corrected chi connectivity index (χ1v) is 10.6. The molecule has 0 bridgehead atoms. The summed E-state index contributed by atoms with van der Waals surface area (Å²) in [6, 6.07) is 12.7. The first-order chi connectivity index (χ1) is 13.8. The van der Waals surface area contributed by atoms with E-state index in [9.17, 15) is 5.11 Å². The first kappa shape index (κ1) is 18.1. The number of nitrogens with one attached hydrogen (secondary N) is 1. The third-order valence-electron chi connectivity index (χ3n) is 6.98. The Labute approximate surface area is 166 Å². The zero-order valence-corrected chi connectivity index (χ0v) is 16.3. The van der Waals surface area contributed by atoms with E-state index in [0.29, 0.717) is 0 Å². The largest absolute Gasteiger partial charge is 0.489 e. The first-order valence-electron chi connectivity index (χ1n) is 10.6. The highest BCUT2D eigenvalue weighted by atomic mass is 16.5. The smallest absolute Gasteiger partial charge is 0.137 e. The minimum absolute atomic E-state index is 0.0877. The van der Waals surface area contributed by atoms with Gasteiger partial charge in [0.1, 0.15) is 11.9 Å².